The van der Waals surface area contributed by atoms with E-state index in [4.69, 9.17) is 12.2 Å². The second kappa shape index (κ2) is 6.57. The van der Waals surface area contributed by atoms with E-state index >= 15 is 0 Å². The fourth-order valence-corrected chi connectivity index (χ4v) is 4.93. The molecule has 2 aromatic carbocycles. The standard InChI is InChI=1S/C19H13BrN2O2S2/c1-10(11-5-3-2-4-6-11)22-18(24)16(26-19(22)25)15-13-9-12(20)7-8-14(13)21-17(15)23/h2-10,24H,1H3. The zero-order chi connectivity index (χ0) is 18.4. The number of fused-ring (bicyclic) bond motifs is 1. The van der Waals surface area contributed by atoms with Crippen LogP contribution in [0.15, 0.2) is 58.0 Å². The third kappa shape index (κ3) is 2.76. The first-order valence-corrected chi connectivity index (χ1v) is 9.91. The van der Waals surface area contributed by atoms with Crippen molar-refractivity contribution in [2.24, 2.45) is 4.99 Å². The predicted molar refractivity (Wildman–Crippen MR) is 108 cm³/mol. The van der Waals surface area contributed by atoms with E-state index < -0.39 is 0 Å². The van der Waals surface area contributed by atoms with Crippen LogP contribution in [0.3, 0.4) is 0 Å². The van der Waals surface area contributed by atoms with E-state index in [1.54, 1.807) is 10.6 Å². The molecule has 1 aliphatic heterocycles. The molecule has 0 saturated heterocycles. The van der Waals surface area contributed by atoms with Crippen LogP contribution >= 0.6 is 39.5 Å². The van der Waals surface area contributed by atoms with Crippen molar-refractivity contribution in [2.45, 2.75) is 13.0 Å². The van der Waals surface area contributed by atoms with E-state index in [9.17, 15) is 9.90 Å². The summed E-state index contributed by atoms with van der Waals surface area (Å²) in [6.07, 6.45) is 0. The number of carbonyl (C=O) groups is 1. The van der Waals surface area contributed by atoms with Gasteiger partial charge in [-0.25, -0.2) is 4.99 Å². The highest BCUT2D eigenvalue weighted by atomic mass is 79.9. The molecule has 26 heavy (non-hydrogen) atoms. The maximum atomic E-state index is 12.5. The van der Waals surface area contributed by atoms with E-state index in [0.29, 0.717) is 25.0 Å². The molecule has 1 aliphatic rings. The van der Waals surface area contributed by atoms with Crippen molar-refractivity contribution in [1.29, 1.82) is 0 Å². The predicted octanol–water partition coefficient (Wildman–Crippen LogP) is 3.72. The van der Waals surface area contributed by atoms with Crippen LogP contribution in [0, 0.1) is 3.95 Å². The molecule has 0 saturated carbocycles. The van der Waals surface area contributed by atoms with Crippen molar-refractivity contribution < 1.29 is 9.90 Å². The van der Waals surface area contributed by atoms with Crippen LogP contribution in [0.2, 0.25) is 0 Å². The van der Waals surface area contributed by atoms with Crippen LogP contribution < -0.4 is 10.6 Å². The molecule has 1 aromatic heterocycles. The number of amides is 1. The Hall–Kier alpha value is -2.09. The van der Waals surface area contributed by atoms with Gasteiger partial charge in [0.1, 0.15) is 4.88 Å². The zero-order valence-corrected chi connectivity index (χ0v) is 16.9. The normalized spacial score (nSPS) is 14.2. The average Bonchev–Trinajstić information content (AvgIpc) is 3.10. The summed E-state index contributed by atoms with van der Waals surface area (Å²) in [4.78, 5) is 17.0. The Morgan fingerprint density at radius 1 is 1.23 bits per heavy atom. The summed E-state index contributed by atoms with van der Waals surface area (Å²) in [5, 5.41) is 12.2. The quantitative estimate of drug-likeness (QED) is 0.626. The number of rotatable bonds is 3. The van der Waals surface area contributed by atoms with Crippen molar-refractivity contribution in [2.75, 3.05) is 0 Å². The largest absolute Gasteiger partial charge is 0.493 e. The lowest BCUT2D eigenvalue weighted by Crippen LogP contribution is -2.22. The van der Waals surface area contributed by atoms with Gasteiger partial charge in [0.25, 0.3) is 5.91 Å². The van der Waals surface area contributed by atoms with E-state index in [-0.39, 0.29) is 17.8 Å². The van der Waals surface area contributed by atoms with Gasteiger partial charge in [-0.1, -0.05) is 46.3 Å². The van der Waals surface area contributed by atoms with Gasteiger partial charge >= 0.3 is 0 Å². The third-order valence-electron chi connectivity index (χ3n) is 4.38. The third-order valence-corrected chi connectivity index (χ3v) is 6.28. The number of hydrogen-bond acceptors (Lipinski definition) is 4. The molecule has 7 heteroatoms. The molecule has 130 valence electrons. The van der Waals surface area contributed by atoms with Crippen molar-refractivity contribution in [3.05, 3.63) is 78.0 Å². The number of aromatic hydroxyl groups is 1. The SMILES string of the molecule is CC(c1ccccc1)n1c(O)c(C2=c3cc(Br)ccc3=NC2=O)sc1=S. The average molecular weight is 445 g/mol. The minimum atomic E-state index is -0.357. The molecule has 0 bridgehead atoms. The summed E-state index contributed by atoms with van der Waals surface area (Å²) < 4.78 is 3.04. The molecule has 4 rings (SSSR count). The minimum Gasteiger partial charge on any atom is -0.493 e. The van der Waals surface area contributed by atoms with Crippen molar-refractivity contribution in [1.82, 2.24) is 4.57 Å². The zero-order valence-electron chi connectivity index (χ0n) is 13.6. The van der Waals surface area contributed by atoms with Gasteiger partial charge < -0.3 is 5.11 Å². The Balaban J connectivity index is 1.94. The lowest BCUT2D eigenvalue weighted by atomic mass is 10.1. The summed E-state index contributed by atoms with van der Waals surface area (Å²) in [5.41, 5.74) is 1.42. The van der Waals surface area contributed by atoms with Gasteiger partial charge in [0.15, 0.2) is 3.95 Å². The molecule has 1 unspecified atom stereocenters. The number of thiazole rings is 1. The van der Waals surface area contributed by atoms with E-state index in [0.717, 1.165) is 10.0 Å². The fraction of sp³-hybridized carbons (Fsp3) is 0.105. The molecule has 4 nitrogen and oxygen atoms in total. The Bertz CT molecular complexity index is 1210. The number of hydrogen-bond donors (Lipinski definition) is 1. The van der Waals surface area contributed by atoms with Crippen LogP contribution in [0.25, 0.3) is 5.57 Å². The molecule has 0 aliphatic carbocycles. The Labute approximate surface area is 166 Å². The molecule has 0 radical (unpaired) electrons. The first-order chi connectivity index (χ1) is 12.5. The van der Waals surface area contributed by atoms with Gasteiger partial charge in [-0.2, -0.15) is 0 Å². The van der Waals surface area contributed by atoms with Gasteiger partial charge in [0, 0.05) is 9.69 Å². The number of halogens is 1. The molecule has 0 fully saturated rings. The summed E-state index contributed by atoms with van der Waals surface area (Å²) in [7, 11) is 0. The molecule has 0 spiro atoms. The van der Waals surface area contributed by atoms with E-state index in [1.807, 2.05) is 49.4 Å². The topological polar surface area (TPSA) is 54.6 Å². The summed E-state index contributed by atoms with van der Waals surface area (Å²) >= 11 is 10.1. The van der Waals surface area contributed by atoms with Crippen molar-refractivity contribution in [3.8, 4) is 5.88 Å². The first-order valence-electron chi connectivity index (χ1n) is 7.90. The van der Waals surface area contributed by atoms with Crippen molar-refractivity contribution in [3.63, 3.8) is 0 Å². The monoisotopic (exact) mass is 444 g/mol. The van der Waals surface area contributed by atoms with Gasteiger partial charge in [0.2, 0.25) is 5.88 Å². The van der Waals surface area contributed by atoms with E-state index in [1.165, 1.54) is 11.3 Å². The highest BCUT2D eigenvalue weighted by molar-refractivity contribution is 9.10. The summed E-state index contributed by atoms with van der Waals surface area (Å²) in [6.45, 7) is 1.97. The van der Waals surface area contributed by atoms with Crippen LogP contribution in [0.1, 0.15) is 23.4 Å². The molecule has 3 aromatic rings. The fourth-order valence-electron chi connectivity index (χ4n) is 3.07. The van der Waals surface area contributed by atoms with E-state index in [2.05, 4.69) is 20.9 Å². The van der Waals surface area contributed by atoms with Gasteiger partial charge in [0.05, 0.1) is 17.0 Å². The Morgan fingerprint density at radius 2 is 1.96 bits per heavy atom. The number of carbonyl (C=O) groups excluding carboxylic acids is 1. The lowest BCUT2D eigenvalue weighted by molar-refractivity contribution is -0.112. The summed E-state index contributed by atoms with van der Waals surface area (Å²) in [5.74, 6) is -0.355. The maximum absolute atomic E-state index is 12.5. The van der Waals surface area contributed by atoms with Gasteiger partial charge in [-0.3, -0.25) is 9.36 Å². The molecular weight excluding hydrogens is 432 g/mol. The molecule has 2 heterocycles. The number of nitrogens with zero attached hydrogens (tertiary/aromatic N) is 2. The highest BCUT2D eigenvalue weighted by Gasteiger charge is 2.27. The van der Waals surface area contributed by atoms with Gasteiger partial charge in [-0.05, 0) is 42.9 Å². The van der Waals surface area contributed by atoms with Crippen LogP contribution in [-0.2, 0) is 4.79 Å². The molecule has 1 amide bonds. The second-order valence-corrected chi connectivity index (χ2v) is 8.49. The Kier molecular flexibility index (Phi) is 4.38. The smallest absolute Gasteiger partial charge is 0.279 e. The Morgan fingerprint density at radius 3 is 2.69 bits per heavy atom. The number of aromatic nitrogens is 1. The highest BCUT2D eigenvalue weighted by Crippen LogP contribution is 2.36. The lowest BCUT2D eigenvalue weighted by Gasteiger charge is -2.15. The summed E-state index contributed by atoms with van der Waals surface area (Å²) in [6, 6.07) is 15.1. The molecular formula is C19H13BrN2O2S2. The maximum Gasteiger partial charge on any atom is 0.279 e. The van der Waals surface area contributed by atoms with Crippen LogP contribution in [0.5, 0.6) is 5.88 Å². The van der Waals surface area contributed by atoms with Crippen molar-refractivity contribution >= 4 is 51.0 Å². The second-order valence-electron chi connectivity index (χ2n) is 5.93. The molecule has 1 N–H and O–H groups in total. The van der Waals surface area contributed by atoms with Gasteiger partial charge in [-0.15, -0.1) is 11.3 Å². The first kappa shape index (κ1) is 17.3. The van der Waals surface area contributed by atoms with Crippen LogP contribution in [-0.4, -0.2) is 15.6 Å². The minimum absolute atomic E-state index is 0.00253. The van der Waals surface area contributed by atoms with Crippen LogP contribution in [0.4, 0.5) is 0 Å². The molecule has 1 atom stereocenters. The number of benzene rings is 2.